The summed E-state index contributed by atoms with van der Waals surface area (Å²) in [6.07, 6.45) is 6.52. The van der Waals surface area contributed by atoms with Gasteiger partial charge in [0.15, 0.2) is 0 Å². The molecule has 0 atom stereocenters. The maximum atomic E-state index is 6.23. The predicted octanol–water partition coefficient (Wildman–Crippen LogP) is 6.40. The third-order valence-corrected chi connectivity index (χ3v) is 5.12. The summed E-state index contributed by atoms with van der Waals surface area (Å²) in [6, 6.07) is 13.2. The Balaban J connectivity index is 2.08. The van der Waals surface area contributed by atoms with Gasteiger partial charge >= 0.3 is 0 Å². The highest BCUT2D eigenvalue weighted by atomic mass is 16.5. The van der Waals surface area contributed by atoms with Crippen molar-refractivity contribution in [1.82, 2.24) is 4.90 Å². The van der Waals surface area contributed by atoms with Crippen molar-refractivity contribution in [3.8, 4) is 16.9 Å². The van der Waals surface area contributed by atoms with Crippen LogP contribution in [0.15, 0.2) is 54.3 Å². The van der Waals surface area contributed by atoms with Crippen LogP contribution in [0, 0.1) is 13.8 Å². The van der Waals surface area contributed by atoms with Gasteiger partial charge in [-0.3, -0.25) is 0 Å². The molecule has 0 aromatic heterocycles. The first kappa shape index (κ1) is 22.2. The smallest absolute Gasteiger partial charge is 0.127 e. The minimum Gasteiger partial charge on any atom is -0.495 e. The Kier molecular flexibility index (Phi) is 7.38. The van der Waals surface area contributed by atoms with Crippen LogP contribution in [-0.4, -0.2) is 38.3 Å². The van der Waals surface area contributed by atoms with E-state index in [1.54, 1.807) is 0 Å². The molecule has 1 aliphatic carbocycles. The molecule has 2 aromatic carbocycles. The number of likely N-dealkylation sites (N-methyl/N-ethyl adjacent to an activating group) is 1. The lowest BCUT2D eigenvalue weighted by Gasteiger charge is -2.22. The van der Waals surface area contributed by atoms with Crippen molar-refractivity contribution in [2.24, 2.45) is 0 Å². The third kappa shape index (κ3) is 5.76. The van der Waals surface area contributed by atoms with E-state index in [2.05, 4.69) is 95.2 Å². The van der Waals surface area contributed by atoms with E-state index in [0.717, 1.165) is 42.0 Å². The van der Waals surface area contributed by atoms with Crippen molar-refractivity contribution in [3.63, 3.8) is 0 Å². The lowest BCUT2D eigenvalue weighted by molar-refractivity contribution is 0.141. The number of rotatable bonds is 8. The molecule has 1 aliphatic rings. The van der Waals surface area contributed by atoms with E-state index in [1.807, 2.05) is 0 Å². The van der Waals surface area contributed by atoms with Crippen LogP contribution >= 0.6 is 0 Å². The van der Waals surface area contributed by atoms with Crippen molar-refractivity contribution in [2.75, 3.05) is 27.2 Å². The lowest BCUT2D eigenvalue weighted by atomic mass is 9.93. The van der Waals surface area contributed by atoms with Gasteiger partial charge in [0.2, 0.25) is 0 Å². The van der Waals surface area contributed by atoms with Gasteiger partial charge < -0.3 is 14.4 Å². The van der Waals surface area contributed by atoms with Crippen molar-refractivity contribution < 1.29 is 9.47 Å². The molecule has 0 radical (unpaired) electrons. The van der Waals surface area contributed by atoms with Gasteiger partial charge in [-0.15, -0.1) is 0 Å². The SMILES string of the molecule is Cc1cc(C)cc(-c2ccc(OCCN(C)C)c(C3=C(OC(C)C)CCC=C3)c2)c1. The molecule has 3 rings (SSSR count). The number of benzene rings is 2. The molecule has 0 heterocycles. The van der Waals surface area contributed by atoms with E-state index in [-0.39, 0.29) is 6.10 Å². The molecule has 3 nitrogen and oxygen atoms in total. The van der Waals surface area contributed by atoms with Crippen molar-refractivity contribution in [3.05, 3.63) is 71.0 Å². The molecule has 30 heavy (non-hydrogen) atoms. The molecule has 0 amide bonds. The van der Waals surface area contributed by atoms with Crippen molar-refractivity contribution >= 4 is 5.57 Å². The molecular formula is C27H35NO2. The van der Waals surface area contributed by atoms with Crippen LogP contribution < -0.4 is 4.74 Å². The molecular weight excluding hydrogens is 370 g/mol. The average Bonchev–Trinajstić information content (AvgIpc) is 2.67. The maximum Gasteiger partial charge on any atom is 0.127 e. The van der Waals surface area contributed by atoms with Crippen molar-refractivity contribution in [2.45, 2.75) is 46.6 Å². The highest BCUT2D eigenvalue weighted by Crippen LogP contribution is 2.37. The number of hydrogen-bond acceptors (Lipinski definition) is 3. The van der Waals surface area contributed by atoms with Gasteiger partial charge in [-0.25, -0.2) is 0 Å². The number of ether oxygens (including phenoxy) is 2. The van der Waals surface area contributed by atoms with Crippen LogP contribution in [0.25, 0.3) is 16.7 Å². The van der Waals surface area contributed by atoms with E-state index in [9.17, 15) is 0 Å². The second-order valence-corrected chi connectivity index (χ2v) is 8.68. The first-order chi connectivity index (χ1) is 14.3. The average molecular weight is 406 g/mol. The van der Waals surface area contributed by atoms with Crippen LogP contribution in [0.1, 0.15) is 43.4 Å². The van der Waals surface area contributed by atoms with Gasteiger partial charge in [0.1, 0.15) is 18.1 Å². The Labute approximate surface area is 182 Å². The van der Waals surface area contributed by atoms with Gasteiger partial charge in [-0.2, -0.15) is 0 Å². The Hall–Kier alpha value is -2.52. The first-order valence-electron chi connectivity index (χ1n) is 10.9. The number of nitrogens with zero attached hydrogens (tertiary/aromatic N) is 1. The summed E-state index contributed by atoms with van der Waals surface area (Å²) in [5.41, 5.74) is 7.24. The monoisotopic (exact) mass is 405 g/mol. The first-order valence-corrected chi connectivity index (χ1v) is 10.9. The molecule has 0 bridgehead atoms. The van der Waals surface area contributed by atoms with Gasteiger partial charge in [0.25, 0.3) is 0 Å². The normalized spacial score (nSPS) is 14.0. The highest BCUT2D eigenvalue weighted by Gasteiger charge is 2.18. The quantitative estimate of drug-likeness (QED) is 0.507. The Morgan fingerprint density at radius 1 is 0.967 bits per heavy atom. The summed E-state index contributed by atoms with van der Waals surface area (Å²) in [5.74, 6) is 1.97. The molecule has 3 heteroatoms. The zero-order valence-corrected chi connectivity index (χ0v) is 19.3. The van der Waals surface area contributed by atoms with E-state index >= 15 is 0 Å². The molecule has 0 saturated carbocycles. The van der Waals surface area contributed by atoms with Gasteiger partial charge in [-0.05, 0) is 71.5 Å². The molecule has 160 valence electrons. The number of hydrogen-bond donors (Lipinski definition) is 0. The second-order valence-electron chi connectivity index (χ2n) is 8.68. The Morgan fingerprint density at radius 3 is 2.37 bits per heavy atom. The standard InChI is InChI=1S/C27H35NO2/c1-19(2)30-27-10-8-7-9-24(27)25-18-22(23-16-20(3)15-21(4)17-23)11-12-26(25)29-14-13-28(5)6/h7,9,11-12,15-19H,8,10,13-14H2,1-6H3. The maximum absolute atomic E-state index is 6.23. The number of aryl methyl sites for hydroxylation is 2. The largest absolute Gasteiger partial charge is 0.495 e. The molecule has 0 spiro atoms. The van der Waals surface area contributed by atoms with E-state index in [0.29, 0.717) is 6.61 Å². The highest BCUT2D eigenvalue weighted by molar-refractivity contribution is 5.83. The van der Waals surface area contributed by atoms with Gasteiger partial charge in [0, 0.05) is 24.1 Å². The number of allylic oxidation sites excluding steroid dienone is 4. The summed E-state index contributed by atoms with van der Waals surface area (Å²) >= 11 is 0. The van der Waals surface area contributed by atoms with Crippen LogP contribution in [0.3, 0.4) is 0 Å². The van der Waals surface area contributed by atoms with E-state index in [4.69, 9.17) is 9.47 Å². The second kappa shape index (κ2) is 9.99. The Bertz CT molecular complexity index is 918. The molecule has 0 saturated heterocycles. The zero-order valence-electron chi connectivity index (χ0n) is 19.3. The summed E-state index contributed by atoms with van der Waals surface area (Å²) < 4.78 is 12.4. The minimum absolute atomic E-state index is 0.155. The summed E-state index contributed by atoms with van der Waals surface area (Å²) in [6.45, 7) is 10.0. The topological polar surface area (TPSA) is 21.7 Å². The van der Waals surface area contributed by atoms with Crippen LogP contribution in [0.2, 0.25) is 0 Å². The Morgan fingerprint density at radius 2 is 1.70 bits per heavy atom. The van der Waals surface area contributed by atoms with Crippen LogP contribution in [0.5, 0.6) is 5.75 Å². The lowest BCUT2D eigenvalue weighted by Crippen LogP contribution is -2.19. The molecule has 2 aromatic rings. The third-order valence-electron chi connectivity index (χ3n) is 5.12. The summed E-state index contributed by atoms with van der Waals surface area (Å²) in [5, 5.41) is 0. The predicted molar refractivity (Wildman–Crippen MR) is 127 cm³/mol. The van der Waals surface area contributed by atoms with Crippen LogP contribution in [-0.2, 0) is 4.74 Å². The fourth-order valence-electron chi connectivity index (χ4n) is 3.82. The minimum atomic E-state index is 0.155. The van der Waals surface area contributed by atoms with E-state index in [1.165, 1.54) is 22.3 Å². The van der Waals surface area contributed by atoms with Gasteiger partial charge in [0.05, 0.1) is 6.10 Å². The fraction of sp³-hybridized carbons (Fsp3) is 0.407. The molecule has 0 aliphatic heterocycles. The molecule has 0 N–H and O–H groups in total. The summed E-state index contributed by atoms with van der Waals surface area (Å²) in [4.78, 5) is 2.14. The summed E-state index contributed by atoms with van der Waals surface area (Å²) in [7, 11) is 4.13. The van der Waals surface area contributed by atoms with Crippen molar-refractivity contribution in [1.29, 1.82) is 0 Å². The fourth-order valence-corrected chi connectivity index (χ4v) is 3.82. The molecule has 0 fully saturated rings. The molecule has 0 unspecified atom stereocenters. The van der Waals surface area contributed by atoms with Gasteiger partial charge in [-0.1, -0.05) is 47.5 Å². The van der Waals surface area contributed by atoms with E-state index < -0.39 is 0 Å². The van der Waals surface area contributed by atoms with Crippen LogP contribution in [0.4, 0.5) is 0 Å². The zero-order chi connectivity index (χ0) is 21.7.